The Morgan fingerprint density at radius 2 is 2.05 bits per heavy atom. The molecule has 0 fully saturated rings. The predicted octanol–water partition coefficient (Wildman–Crippen LogP) is 3.34. The van der Waals surface area contributed by atoms with Gasteiger partial charge in [-0.15, -0.1) is 0 Å². The van der Waals surface area contributed by atoms with Gasteiger partial charge in [0.2, 0.25) is 0 Å². The molecule has 2 aromatic rings. The van der Waals surface area contributed by atoms with Crippen molar-refractivity contribution in [3.8, 4) is 5.82 Å². The Labute approximate surface area is 113 Å². The summed E-state index contributed by atoms with van der Waals surface area (Å²) in [7, 11) is 0. The first-order chi connectivity index (χ1) is 8.96. The van der Waals surface area contributed by atoms with Gasteiger partial charge in [0.25, 0.3) is 0 Å². The summed E-state index contributed by atoms with van der Waals surface area (Å²) in [5.41, 5.74) is 3.17. The van der Waals surface area contributed by atoms with E-state index in [4.69, 9.17) is 0 Å². The molecule has 3 nitrogen and oxygen atoms in total. The molecule has 0 spiro atoms. The number of hydrogen-bond acceptors (Lipinski definition) is 2. The summed E-state index contributed by atoms with van der Waals surface area (Å²) >= 11 is 0. The molecule has 2 heterocycles. The fourth-order valence-corrected chi connectivity index (χ4v) is 2.81. The lowest BCUT2D eigenvalue weighted by atomic mass is 9.76. The highest BCUT2D eigenvalue weighted by Crippen LogP contribution is 2.35. The van der Waals surface area contributed by atoms with E-state index in [9.17, 15) is 4.79 Å². The molecule has 19 heavy (non-hydrogen) atoms. The Balaban J connectivity index is 2.14. The number of carbonyl (C=O) groups excluding carboxylic acids is 1. The van der Waals surface area contributed by atoms with Crippen LogP contribution in [0.1, 0.15) is 41.9 Å². The third-order valence-electron chi connectivity index (χ3n) is 3.73. The molecular formula is C16H18N2O. The normalized spacial score (nSPS) is 17.3. The van der Waals surface area contributed by atoms with Crippen LogP contribution in [0, 0.1) is 12.3 Å². The predicted molar refractivity (Wildman–Crippen MR) is 74.7 cm³/mol. The molecule has 0 aliphatic heterocycles. The molecule has 0 unspecified atom stereocenters. The van der Waals surface area contributed by atoms with E-state index >= 15 is 0 Å². The quantitative estimate of drug-likeness (QED) is 0.782. The van der Waals surface area contributed by atoms with Crippen LogP contribution in [0.15, 0.2) is 30.6 Å². The lowest BCUT2D eigenvalue weighted by molar-refractivity contribution is 0.0911. The van der Waals surface area contributed by atoms with Gasteiger partial charge in [0.15, 0.2) is 5.78 Å². The minimum Gasteiger partial charge on any atom is -0.305 e. The van der Waals surface area contributed by atoms with Gasteiger partial charge in [0, 0.05) is 30.1 Å². The van der Waals surface area contributed by atoms with Crippen LogP contribution in [0.3, 0.4) is 0 Å². The maximum absolute atomic E-state index is 12.2. The number of ketones is 1. The summed E-state index contributed by atoms with van der Waals surface area (Å²) in [5.74, 6) is 1.14. The summed E-state index contributed by atoms with van der Waals surface area (Å²) in [6, 6.07) is 5.96. The molecule has 2 aromatic heterocycles. The van der Waals surface area contributed by atoms with Gasteiger partial charge < -0.3 is 4.57 Å². The molecule has 0 N–H and O–H groups in total. The van der Waals surface area contributed by atoms with E-state index in [1.165, 1.54) is 5.56 Å². The Hall–Kier alpha value is -1.90. The van der Waals surface area contributed by atoms with Crippen molar-refractivity contribution in [2.45, 2.75) is 33.6 Å². The minimum atomic E-state index is 0.0318. The van der Waals surface area contributed by atoms with E-state index in [1.807, 2.05) is 30.6 Å². The van der Waals surface area contributed by atoms with Gasteiger partial charge in [0.05, 0.1) is 0 Å². The molecule has 0 saturated carbocycles. The highest BCUT2D eigenvalue weighted by molar-refractivity contribution is 5.99. The number of aromatic nitrogens is 2. The van der Waals surface area contributed by atoms with Gasteiger partial charge >= 0.3 is 0 Å². The van der Waals surface area contributed by atoms with Crippen LogP contribution in [0.4, 0.5) is 0 Å². The number of rotatable bonds is 1. The topological polar surface area (TPSA) is 34.9 Å². The van der Waals surface area contributed by atoms with E-state index in [2.05, 4.69) is 30.3 Å². The van der Waals surface area contributed by atoms with Crippen molar-refractivity contribution < 1.29 is 4.79 Å². The highest BCUT2D eigenvalue weighted by atomic mass is 16.1. The largest absolute Gasteiger partial charge is 0.305 e. The van der Waals surface area contributed by atoms with E-state index in [-0.39, 0.29) is 11.2 Å². The van der Waals surface area contributed by atoms with Crippen molar-refractivity contribution in [1.29, 1.82) is 0 Å². The molecule has 0 saturated heterocycles. The fourth-order valence-electron chi connectivity index (χ4n) is 2.81. The number of hydrogen-bond donors (Lipinski definition) is 0. The molecule has 98 valence electrons. The molecule has 0 aromatic carbocycles. The number of carbonyl (C=O) groups is 1. The Morgan fingerprint density at radius 3 is 2.79 bits per heavy atom. The minimum absolute atomic E-state index is 0.0318. The molecule has 1 aliphatic carbocycles. The first-order valence-electron chi connectivity index (χ1n) is 6.63. The molecule has 0 amide bonds. The maximum Gasteiger partial charge on any atom is 0.165 e. The zero-order valence-corrected chi connectivity index (χ0v) is 11.6. The second kappa shape index (κ2) is 4.05. The average Bonchev–Trinajstić information content (AvgIpc) is 2.71. The maximum atomic E-state index is 12.2. The van der Waals surface area contributed by atoms with E-state index in [0.29, 0.717) is 6.42 Å². The first-order valence-corrected chi connectivity index (χ1v) is 6.63. The van der Waals surface area contributed by atoms with Gasteiger partial charge in [-0.2, -0.15) is 0 Å². The average molecular weight is 254 g/mol. The van der Waals surface area contributed by atoms with Crippen molar-refractivity contribution in [2.24, 2.45) is 5.41 Å². The zero-order chi connectivity index (χ0) is 13.6. The summed E-state index contributed by atoms with van der Waals surface area (Å²) in [6.45, 7) is 6.35. The summed E-state index contributed by atoms with van der Waals surface area (Å²) < 4.78 is 2.06. The van der Waals surface area contributed by atoms with E-state index in [1.54, 1.807) is 0 Å². The smallest absolute Gasteiger partial charge is 0.165 e. The van der Waals surface area contributed by atoms with Crippen LogP contribution in [0.2, 0.25) is 0 Å². The molecule has 1 aliphatic rings. The van der Waals surface area contributed by atoms with Crippen molar-refractivity contribution in [2.75, 3.05) is 0 Å². The van der Waals surface area contributed by atoms with Gasteiger partial charge in [-0.1, -0.05) is 13.8 Å². The number of pyridine rings is 1. The first kappa shape index (κ1) is 12.2. The third kappa shape index (κ3) is 2.09. The van der Waals surface area contributed by atoms with E-state index < -0.39 is 0 Å². The summed E-state index contributed by atoms with van der Waals surface area (Å²) in [4.78, 5) is 16.6. The van der Waals surface area contributed by atoms with Crippen LogP contribution in [0.5, 0.6) is 0 Å². The molecule has 0 bridgehead atoms. The van der Waals surface area contributed by atoms with E-state index in [0.717, 1.165) is 23.5 Å². The number of Topliss-reactive ketones (excluding diaryl/α,β-unsaturated/α-hetero) is 1. The number of fused-ring (bicyclic) bond motifs is 1. The highest BCUT2D eigenvalue weighted by Gasteiger charge is 2.33. The third-order valence-corrected chi connectivity index (χ3v) is 3.73. The molecule has 0 atom stereocenters. The zero-order valence-electron chi connectivity index (χ0n) is 11.6. The van der Waals surface area contributed by atoms with Crippen LogP contribution in [-0.2, 0) is 6.42 Å². The van der Waals surface area contributed by atoms with Crippen molar-refractivity contribution in [3.63, 3.8) is 0 Å². The Morgan fingerprint density at radius 1 is 1.26 bits per heavy atom. The summed E-state index contributed by atoms with van der Waals surface area (Å²) in [5, 5.41) is 0. The second-order valence-electron chi connectivity index (χ2n) is 6.18. The fraction of sp³-hybridized carbons (Fsp3) is 0.375. The van der Waals surface area contributed by atoms with Crippen molar-refractivity contribution >= 4 is 5.78 Å². The SMILES string of the molecule is Cc1ccnc(-n2ccc3c2CC(C)(C)CC3=O)c1. The number of aryl methyl sites for hydroxylation is 1. The molecule has 3 rings (SSSR count). The monoisotopic (exact) mass is 254 g/mol. The lowest BCUT2D eigenvalue weighted by Gasteiger charge is -2.29. The van der Waals surface area contributed by atoms with Crippen LogP contribution in [0.25, 0.3) is 5.82 Å². The van der Waals surface area contributed by atoms with Gasteiger partial charge in [0.1, 0.15) is 5.82 Å². The van der Waals surface area contributed by atoms with Crippen LogP contribution >= 0.6 is 0 Å². The molecule has 0 radical (unpaired) electrons. The summed E-state index contributed by atoms with van der Waals surface area (Å²) in [6.07, 6.45) is 5.32. The van der Waals surface area contributed by atoms with Crippen molar-refractivity contribution in [1.82, 2.24) is 9.55 Å². The van der Waals surface area contributed by atoms with Gasteiger partial charge in [-0.25, -0.2) is 4.98 Å². The molecular weight excluding hydrogens is 236 g/mol. The Bertz CT molecular complexity index is 653. The standard InChI is InChI=1S/C16H18N2O/c1-11-4-6-17-15(8-11)18-7-5-12-13(18)9-16(2,3)10-14(12)19/h4-8H,9-10H2,1-3H3. The van der Waals surface area contributed by atoms with Gasteiger partial charge in [-0.3, -0.25) is 4.79 Å². The van der Waals surface area contributed by atoms with Crippen LogP contribution < -0.4 is 0 Å². The number of nitrogens with zero attached hydrogens (tertiary/aromatic N) is 2. The lowest BCUT2D eigenvalue weighted by Crippen LogP contribution is -2.27. The van der Waals surface area contributed by atoms with Crippen LogP contribution in [-0.4, -0.2) is 15.3 Å². The molecule has 3 heteroatoms. The Kier molecular flexibility index (Phi) is 2.59. The van der Waals surface area contributed by atoms with Crippen molar-refractivity contribution in [3.05, 3.63) is 47.4 Å². The second-order valence-corrected chi connectivity index (χ2v) is 6.18. The van der Waals surface area contributed by atoms with Gasteiger partial charge in [-0.05, 0) is 42.5 Å².